The first-order valence-corrected chi connectivity index (χ1v) is 7.22. The number of hydrogen-bond donors (Lipinski definition) is 1. The largest absolute Gasteiger partial charge is 0.380 e. The lowest BCUT2D eigenvalue weighted by atomic mass is 10.2. The Labute approximate surface area is 125 Å². The van der Waals surface area contributed by atoms with Gasteiger partial charge in [0, 0.05) is 28.5 Å². The minimum atomic E-state index is -0.129. The Kier molecular flexibility index (Phi) is 7.66. The van der Waals surface area contributed by atoms with E-state index in [-0.39, 0.29) is 5.91 Å². The summed E-state index contributed by atoms with van der Waals surface area (Å²) in [5.74, 6) is 0.361. The van der Waals surface area contributed by atoms with Crippen LogP contribution in [0.4, 0.5) is 0 Å². The number of carbonyl (C=O) groups excluding carboxylic acids is 1. The van der Waals surface area contributed by atoms with Crippen LogP contribution >= 0.6 is 39.1 Å². The molecule has 0 saturated heterocycles. The quantitative estimate of drug-likeness (QED) is 0.601. The lowest BCUT2D eigenvalue weighted by molar-refractivity contribution is 0.0943. The molecule has 0 spiro atoms. The molecule has 3 nitrogen and oxygen atoms in total. The number of nitrogens with one attached hydrogen (secondary N) is 1. The molecule has 0 bridgehead atoms. The van der Waals surface area contributed by atoms with Crippen LogP contribution in [0.15, 0.2) is 22.7 Å². The number of carbonyl (C=O) groups is 1. The molecular weight excluding hydrogens is 341 g/mol. The molecule has 1 amide bonds. The molecule has 0 aliphatic carbocycles. The van der Waals surface area contributed by atoms with Gasteiger partial charge in [-0.25, -0.2) is 0 Å². The second kappa shape index (κ2) is 8.75. The van der Waals surface area contributed by atoms with Gasteiger partial charge in [0.25, 0.3) is 5.91 Å². The molecule has 0 saturated carbocycles. The molecule has 100 valence electrons. The van der Waals surface area contributed by atoms with Crippen molar-refractivity contribution in [1.29, 1.82) is 0 Å². The van der Waals surface area contributed by atoms with E-state index >= 15 is 0 Å². The third kappa shape index (κ3) is 5.57. The molecule has 0 fully saturated rings. The van der Waals surface area contributed by atoms with Gasteiger partial charge in [0.1, 0.15) is 0 Å². The number of ether oxygens (including phenoxy) is 1. The molecule has 1 aromatic carbocycles. The Morgan fingerprint density at radius 3 is 2.83 bits per heavy atom. The molecule has 0 atom stereocenters. The topological polar surface area (TPSA) is 38.3 Å². The molecule has 0 heterocycles. The molecule has 1 N–H and O–H groups in total. The summed E-state index contributed by atoms with van der Waals surface area (Å²) in [6.07, 6.45) is 0.758. The average Bonchev–Trinajstić information content (AvgIpc) is 2.33. The van der Waals surface area contributed by atoms with Gasteiger partial charge in [-0.15, -0.1) is 11.6 Å². The monoisotopic (exact) mass is 353 g/mol. The third-order valence-electron chi connectivity index (χ3n) is 2.15. The highest BCUT2D eigenvalue weighted by Gasteiger charge is 2.09. The van der Waals surface area contributed by atoms with Crippen molar-refractivity contribution in [3.8, 4) is 0 Å². The maximum Gasteiger partial charge on any atom is 0.252 e. The molecule has 0 radical (unpaired) electrons. The van der Waals surface area contributed by atoms with Crippen LogP contribution in [0.1, 0.15) is 16.8 Å². The van der Waals surface area contributed by atoms with E-state index in [9.17, 15) is 4.79 Å². The number of alkyl halides is 1. The third-order valence-corrected chi connectivity index (χ3v) is 3.19. The zero-order valence-electron chi connectivity index (χ0n) is 9.72. The molecule has 0 aliphatic rings. The molecule has 0 aliphatic heterocycles. The first-order valence-electron chi connectivity index (χ1n) is 5.52. The van der Waals surface area contributed by atoms with Crippen LogP contribution in [0.5, 0.6) is 0 Å². The molecule has 18 heavy (non-hydrogen) atoms. The van der Waals surface area contributed by atoms with E-state index in [2.05, 4.69) is 21.2 Å². The maximum absolute atomic E-state index is 11.8. The Bertz CT molecular complexity index is 402. The Morgan fingerprint density at radius 2 is 2.17 bits per heavy atom. The fraction of sp³-hybridized carbons (Fsp3) is 0.417. The summed E-state index contributed by atoms with van der Waals surface area (Å²) in [5.41, 5.74) is 0.570. The Hall–Kier alpha value is -0.290. The SMILES string of the molecule is O=C(NCCCOCCCl)c1ccc(Cl)cc1Br. The van der Waals surface area contributed by atoms with E-state index in [1.807, 2.05) is 0 Å². The van der Waals surface area contributed by atoms with Gasteiger partial charge in [0.2, 0.25) is 0 Å². The predicted octanol–water partition coefficient (Wildman–Crippen LogP) is 3.48. The van der Waals surface area contributed by atoms with Gasteiger partial charge in [-0.05, 0) is 40.5 Å². The highest BCUT2D eigenvalue weighted by atomic mass is 79.9. The summed E-state index contributed by atoms with van der Waals surface area (Å²) in [4.78, 5) is 11.8. The van der Waals surface area contributed by atoms with Gasteiger partial charge in [0.15, 0.2) is 0 Å². The fourth-order valence-corrected chi connectivity index (χ4v) is 2.27. The average molecular weight is 355 g/mol. The van der Waals surface area contributed by atoms with Crippen molar-refractivity contribution in [3.05, 3.63) is 33.3 Å². The van der Waals surface area contributed by atoms with E-state index in [1.54, 1.807) is 18.2 Å². The van der Waals surface area contributed by atoms with E-state index < -0.39 is 0 Å². The number of halogens is 3. The predicted molar refractivity (Wildman–Crippen MR) is 77.6 cm³/mol. The summed E-state index contributed by atoms with van der Waals surface area (Å²) in [5, 5.41) is 3.40. The highest BCUT2D eigenvalue weighted by molar-refractivity contribution is 9.10. The number of benzene rings is 1. The highest BCUT2D eigenvalue weighted by Crippen LogP contribution is 2.21. The molecule has 6 heteroatoms. The summed E-state index contributed by atoms with van der Waals surface area (Å²) < 4.78 is 5.89. The first-order chi connectivity index (χ1) is 8.65. The standard InChI is InChI=1S/C12H14BrCl2NO2/c13-11-8-9(15)2-3-10(11)12(17)16-5-1-6-18-7-4-14/h2-3,8H,1,4-7H2,(H,16,17). The second-order valence-electron chi connectivity index (χ2n) is 3.53. The number of rotatable bonds is 7. The summed E-state index contributed by atoms with van der Waals surface area (Å²) in [7, 11) is 0. The fourth-order valence-electron chi connectivity index (χ4n) is 1.30. The van der Waals surface area contributed by atoms with E-state index in [0.29, 0.717) is 40.7 Å². The van der Waals surface area contributed by atoms with Crippen LogP contribution in [0.25, 0.3) is 0 Å². The number of amides is 1. The summed E-state index contributed by atoms with van der Waals surface area (Å²) in [6.45, 7) is 1.70. The van der Waals surface area contributed by atoms with Crippen molar-refractivity contribution < 1.29 is 9.53 Å². The van der Waals surface area contributed by atoms with Crippen LogP contribution in [-0.2, 0) is 4.74 Å². The van der Waals surface area contributed by atoms with Crippen molar-refractivity contribution in [2.45, 2.75) is 6.42 Å². The van der Waals surface area contributed by atoms with Crippen molar-refractivity contribution >= 4 is 45.0 Å². The zero-order chi connectivity index (χ0) is 13.4. The minimum absolute atomic E-state index is 0.129. The van der Waals surface area contributed by atoms with E-state index in [0.717, 1.165) is 6.42 Å². The van der Waals surface area contributed by atoms with E-state index in [1.165, 1.54) is 0 Å². The van der Waals surface area contributed by atoms with Crippen LogP contribution < -0.4 is 5.32 Å². The summed E-state index contributed by atoms with van der Waals surface area (Å²) in [6, 6.07) is 5.07. The van der Waals surface area contributed by atoms with Crippen molar-refractivity contribution in [1.82, 2.24) is 5.32 Å². The second-order valence-corrected chi connectivity index (χ2v) is 5.20. The lowest BCUT2D eigenvalue weighted by Gasteiger charge is -2.07. The minimum Gasteiger partial charge on any atom is -0.380 e. The maximum atomic E-state index is 11.8. The lowest BCUT2D eigenvalue weighted by Crippen LogP contribution is -2.25. The van der Waals surface area contributed by atoms with Gasteiger partial charge in [-0.2, -0.15) is 0 Å². The zero-order valence-corrected chi connectivity index (χ0v) is 12.8. The molecule has 1 aromatic rings. The van der Waals surface area contributed by atoms with Crippen LogP contribution in [-0.4, -0.2) is 31.5 Å². The van der Waals surface area contributed by atoms with Crippen molar-refractivity contribution in [2.24, 2.45) is 0 Å². The molecule has 1 rings (SSSR count). The Balaban J connectivity index is 2.32. The smallest absolute Gasteiger partial charge is 0.252 e. The van der Waals surface area contributed by atoms with Gasteiger partial charge in [0.05, 0.1) is 12.2 Å². The number of hydrogen-bond acceptors (Lipinski definition) is 2. The molecule has 0 aromatic heterocycles. The van der Waals surface area contributed by atoms with Gasteiger partial charge >= 0.3 is 0 Å². The van der Waals surface area contributed by atoms with Crippen LogP contribution in [0.2, 0.25) is 5.02 Å². The van der Waals surface area contributed by atoms with E-state index in [4.69, 9.17) is 27.9 Å². The normalized spacial score (nSPS) is 10.4. The van der Waals surface area contributed by atoms with Gasteiger partial charge in [-0.1, -0.05) is 11.6 Å². The summed E-state index contributed by atoms with van der Waals surface area (Å²) >= 11 is 14.6. The van der Waals surface area contributed by atoms with Gasteiger partial charge < -0.3 is 10.1 Å². The van der Waals surface area contributed by atoms with Crippen molar-refractivity contribution in [2.75, 3.05) is 25.6 Å². The first kappa shape index (κ1) is 15.8. The van der Waals surface area contributed by atoms with Crippen LogP contribution in [0, 0.1) is 0 Å². The Morgan fingerprint density at radius 1 is 1.39 bits per heavy atom. The van der Waals surface area contributed by atoms with Crippen molar-refractivity contribution in [3.63, 3.8) is 0 Å². The van der Waals surface area contributed by atoms with Crippen LogP contribution in [0.3, 0.4) is 0 Å². The van der Waals surface area contributed by atoms with Gasteiger partial charge in [-0.3, -0.25) is 4.79 Å². The molecular formula is C12H14BrCl2NO2. The molecule has 0 unspecified atom stereocenters.